The van der Waals surface area contributed by atoms with Crippen molar-refractivity contribution in [3.8, 4) is 0 Å². The molecule has 1 aliphatic heterocycles. The van der Waals surface area contributed by atoms with Crippen LogP contribution in [0.5, 0.6) is 0 Å². The van der Waals surface area contributed by atoms with Gasteiger partial charge in [0.15, 0.2) is 6.10 Å². The Bertz CT molecular complexity index is 1310. The highest BCUT2D eigenvalue weighted by Crippen LogP contribution is 2.51. The van der Waals surface area contributed by atoms with Crippen LogP contribution in [0, 0.1) is 10.8 Å². The lowest BCUT2D eigenvalue weighted by Crippen LogP contribution is -2.44. The molecule has 2 N–H and O–H groups in total. The van der Waals surface area contributed by atoms with Gasteiger partial charge in [-0.05, 0) is 54.0 Å². The molecule has 0 spiro atoms. The first-order valence-corrected chi connectivity index (χ1v) is 17.1. The van der Waals surface area contributed by atoms with Gasteiger partial charge in [-0.3, -0.25) is 23.5 Å². The first kappa shape index (κ1) is 41.2. The van der Waals surface area contributed by atoms with E-state index in [1.165, 1.54) is 0 Å². The molecule has 2 heterocycles. The molecule has 0 aliphatic carbocycles. The van der Waals surface area contributed by atoms with E-state index in [1.54, 1.807) is 41.5 Å². The van der Waals surface area contributed by atoms with E-state index in [4.69, 9.17) is 38.3 Å². The molecule has 2 rings (SSSR count). The number of alkyl halides is 2. The lowest BCUT2D eigenvalue weighted by molar-refractivity contribution is -0.176. The second kappa shape index (κ2) is 17.6. The van der Waals surface area contributed by atoms with E-state index < -0.39 is 86.8 Å². The number of phosphoric ester groups is 1. The van der Waals surface area contributed by atoms with Gasteiger partial charge in [-0.25, -0.2) is 18.4 Å². The van der Waals surface area contributed by atoms with Crippen molar-refractivity contribution in [3.05, 3.63) is 22.7 Å². The summed E-state index contributed by atoms with van der Waals surface area (Å²) in [6, 6.07) is 1.10. The summed E-state index contributed by atoms with van der Waals surface area (Å²) in [5.74, 6) is -6.69. The van der Waals surface area contributed by atoms with Gasteiger partial charge in [-0.1, -0.05) is 39.0 Å². The summed E-state index contributed by atoms with van der Waals surface area (Å²) < 4.78 is 81.7. The number of esters is 3. The largest absolute Gasteiger partial charge is 0.480 e. The number of hydrogen-bond donors (Lipinski definition) is 1. The van der Waals surface area contributed by atoms with Crippen LogP contribution < -0.4 is 11.4 Å². The maximum absolute atomic E-state index is 15.9. The molecule has 15 nitrogen and oxygen atoms in total. The Morgan fingerprint density at radius 1 is 0.958 bits per heavy atom. The Morgan fingerprint density at radius 3 is 2.02 bits per heavy atom. The molecule has 3 atom stereocenters. The fourth-order valence-corrected chi connectivity index (χ4v) is 5.02. The molecule has 0 radical (unpaired) electrons. The maximum Gasteiger partial charge on any atom is 0.480 e. The number of ether oxygens (including phenoxy) is 4. The Hall–Kier alpha value is -2.98. The first-order valence-electron chi connectivity index (χ1n) is 15.7. The molecular formula is C30H48F2N3O12P. The van der Waals surface area contributed by atoms with Crippen LogP contribution in [-0.2, 0) is 51.5 Å². The quantitative estimate of drug-likeness (QED) is 0.0680. The summed E-state index contributed by atoms with van der Waals surface area (Å²) in [6.45, 7) is 8.47. The lowest BCUT2D eigenvalue weighted by atomic mass is 9.98. The van der Waals surface area contributed by atoms with Gasteiger partial charge in [-0.15, -0.1) is 0 Å². The molecule has 274 valence electrons. The lowest BCUT2D eigenvalue weighted by Gasteiger charge is -2.25. The SMILES string of the molecule is CCCCCCCCC(=O)O[C@@H]1[C@@H](COP(=O)(OCOC(=O)C(C)(C)C)OCOC(=O)C(C)(C)C)O[C@@H](n2ccc(N)nc2=O)C1(F)F. The Kier molecular flexibility index (Phi) is 15.1. The van der Waals surface area contributed by atoms with Crippen LogP contribution >= 0.6 is 7.82 Å². The number of unbranched alkanes of at least 4 members (excludes halogenated alkanes) is 5. The van der Waals surface area contributed by atoms with Gasteiger partial charge in [0.2, 0.25) is 19.8 Å². The maximum atomic E-state index is 15.9. The van der Waals surface area contributed by atoms with Crippen LogP contribution in [0.2, 0.25) is 0 Å². The minimum atomic E-state index is -4.85. The molecule has 1 aromatic heterocycles. The smallest absolute Gasteiger partial charge is 0.453 e. The zero-order valence-electron chi connectivity index (χ0n) is 28.5. The number of nitrogens with two attached hydrogens (primary N) is 1. The molecule has 1 saturated heterocycles. The normalized spacial score (nSPS) is 19.6. The van der Waals surface area contributed by atoms with Gasteiger partial charge in [0, 0.05) is 12.6 Å². The van der Waals surface area contributed by atoms with Crippen molar-refractivity contribution in [2.75, 3.05) is 25.9 Å². The molecule has 0 amide bonds. The molecule has 0 unspecified atom stereocenters. The molecule has 1 aromatic rings. The van der Waals surface area contributed by atoms with Crippen molar-refractivity contribution in [1.29, 1.82) is 0 Å². The number of nitrogen functional groups attached to an aromatic ring is 1. The topological polar surface area (TPSA) is 194 Å². The first-order chi connectivity index (χ1) is 22.2. The number of hydrogen-bond acceptors (Lipinski definition) is 14. The highest BCUT2D eigenvalue weighted by atomic mass is 31.2. The number of rotatable bonds is 18. The summed E-state index contributed by atoms with van der Waals surface area (Å²) in [7, 11) is -4.85. The summed E-state index contributed by atoms with van der Waals surface area (Å²) >= 11 is 0. The number of nitrogens with zero attached hydrogens (tertiary/aromatic N) is 2. The number of carbonyl (C=O) groups excluding carboxylic acids is 3. The average Bonchev–Trinajstić information content (AvgIpc) is 3.21. The fraction of sp³-hybridized carbons (Fsp3) is 0.767. The van der Waals surface area contributed by atoms with Crippen LogP contribution in [0.15, 0.2) is 17.1 Å². The molecule has 0 saturated carbocycles. The minimum absolute atomic E-state index is 0.163. The molecule has 1 aliphatic rings. The van der Waals surface area contributed by atoms with Gasteiger partial charge in [0.25, 0.3) is 0 Å². The molecular weight excluding hydrogens is 663 g/mol. The third-order valence-electron chi connectivity index (χ3n) is 6.87. The van der Waals surface area contributed by atoms with Crippen LogP contribution in [0.3, 0.4) is 0 Å². The second-order valence-electron chi connectivity index (χ2n) is 13.3. The van der Waals surface area contributed by atoms with Gasteiger partial charge < -0.3 is 24.7 Å². The molecule has 0 aromatic carbocycles. The predicted octanol–water partition coefficient (Wildman–Crippen LogP) is 5.27. The number of carbonyl (C=O) groups is 3. The van der Waals surface area contributed by atoms with E-state index in [9.17, 15) is 23.7 Å². The zero-order chi connectivity index (χ0) is 36.3. The summed E-state index contributed by atoms with van der Waals surface area (Å²) in [5, 5.41) is 0. The Labute approximate surface area is 278 Å². The molecule has 48 heavy (non-hydrogen) atoms. The highest BCUT2D eigenvalue weighted by molar-refractivity contribution is 7.48. The van der Waals surface area contributed by atoms with Crippen LogP contribution in [-0.4, -0.2) is 65.8 Å². The standard InChI is InChI=1S/C30H48F2N3O12P/c1-8-9-10-11-12-13-14-22(36)47-23-20(46-24(30(23,31)32)35-16-15-21(33)34-27(35)39)17-43-48(40,44-18-41-25(37)28(2,3)4)45-19-42-26(38)29(5,6)7/h15-16,20,23-24H,8-14,17-19H2,1-7H3,(H2,33,34,39)/t20-,23-,24-/m1/s1. The fourth-order valence-electron chi connectivity index (χ4n) is 4.10. The van der Waals surface area contributed by atoms with Crippen LogP contribution in [0.1, 0.15) is 99.6 Å². The number of anilines is 1. The van der Waals surface area contributed by atoms with Crippen molar-refractivity contribution in [2.45, 2.75) is 118 Å². The summed E-state index contributed by atoms with van der Waals surface area (Å²) in [5.41, 5.74) is 2.40. The monoisotopic (exact) mass is 711 g/mol. The van der Waals surface area contributed by atoms with E-state index >= 15 is 8.78 Å². The Morgan fingerprint density at radius 2 is 1.50 bits per heavy atom. The third kappa shape index (κ3) is 12.5. The van der Waals surface area contributed by atoms with Gasteiger partial charge in [0.1, 0.15) is 11.9 Å². The van der Waals surface area contributed by atoms with Crippen molar-refractivity contribution in [3.63, 3.8) is 0 Å². The zero-order valence-corrected chi connectivity index (χ0v) is 29.4. The number of phosphoric acid groups is 1. The van der Waals surface area contributed by atoms with Gasteiger partial charge >= 0.3 is 37.3 Å². The summed E-state index contributed by atoms with van der Waals surface area (Å²) in [4.78, 5) is 52.9. The van der Waals surface area contributed by atoms with Gasteiger partial charge in [-0.2, -0.15) is 13.8 Å². The van der Waals surface area contributed by atoms with Crippen molar-refractivity contribution in [2.24, 2.45) is 10.8 Å². The third-order valence-corrected chi connectivity index (χ3v) is 8.18. The van der Waals surface area contributed by atoms with E-state index in [2.05, 4.69) is 11.9 Å². The van der Waals surface area contributed by atoms with Crippen LogP contribution in [0.25, 0.3) is 0 Å². The highest BCUT2D eigenvalue weighted by Gasteiger charge is 2.63. The van der Waals surface area contributed by atoms with Crippen molar-refractivity contribution < 1.29 is 60.2 Å². The average molecular weight is 712 g/mol. The molecule has 18 heteroatoms. The Balaban J connectivity index is 2.28. The predicted molar refractivity (Wildman–Crippen MR) is 166 cm³/mol. The number of aromatic nitrogens is 2. The molecule has 0 bridgehead atoms. The molecule has 1 fully saturated rings. The van der Waals surface area contributed by atoms with Crippen LogP contribution in [0.4, 0.5) is 14.6 Å². The van der Waals surface area contributed by atoms with E-state index in [0.717, 1.165) is 37.9 Å². The van der Waals surface area contributed by atoms with E-state index in [1.807, 2.05) is 0 Å². The van der Waals surface area contributed by atoms with Crippen molar-refractivity contribution in [1.82, 2.24) is 9.55 Å². The second-order valence-corrected chi connectivity index (χ2v) is 14.9. The van der Waals surface area contributed by atoms with Crippen molar-refractivity contribution >= 4 is 31.5 Å². The minimum Gasteiger partial charge on any atom is -0.453 e. The number of halogens is 2. The van der Waals surface area contributed by atoms with E-state index in [-0.39, 0.29) is 12.2 Å². The van der Waals surface area contributed by atoms with Gasteiger partial charge in [0.05, 0.1) is 17.4 Å². The summed E-state index contributed by atoms with van der Waals surface area (Å²) in [6.07, 6.45) is -0.742. The van der Waals surface area contributed by atoms with E-state index in [0.29, 0.717) is 17.4 Å².